The zero-order valence-corrected chi connectivity index (χ0v) is 17.4. The lowest BCUT2D eigenvalue weighted by molar-refractivity contribution is 0.0886. The van der Waals surface area contributed by atoms with Crippen molar-refractivity contribution in [3.8, 4) is 5.75 Å². The van der Waals surface area contributed by atoms with Gasteiger partial charge in [0.25, 0.3) is 5.91 Å². The predicted octanol–water partition coefficient (Wildman–Crippen LogP) is 4.72. The summed E-state index contributed by atoms with van der Waals surface area (Å²) in [6, 6.07) is 11.5. The van der Waals surface area contributed by atoms with E-state index in [9.17, 15) is 4.79 Å². The summed E-state index contributed by atoms with van der Waals surface area (Å²) in [5, 5.41) is 5.28. The first-order chi connectivity index (χ1) is 13.6. The van der Waals surface area contributed by atoms with Gasteiger partial charge in [-0.1, -0.05) is 30.4 Å². The molecule has 4 nitrogen and oxygen atoms in total. The summed E-state index contributed by atoms with van der Waals surface area (Å²) in [7, 11) is 2.22. The molecule has 0 saturated carbocycles. The number of rotatable bonds is 6. The molecule has 2 aromatic rings. The molecule has 2 bridgehead atoms. The Balaban J connectivity index is 1.34. The van der Waals surface area contributed by atoms with Crippen molar-refractivity contribution >= 4 is 23.3 Å². The summed E-state index contributed by atoms with van der Waals surface area (Å²) in [5.41, 5.74) is 2.10. The van der Waals surface area contributed by atoms with Crippen molar-refractivity contribution < 1.29 is 9.53 Å². The van der Waals surface area contributed by atoms with Gasteiger partial charge in [0.1, 0.15) is 12.4 Å². The Bertz CT molecular complexity index is 846. The first-order valence-corrected chi connectivity index (χ1v) is 11.0. The lowest BCUT2D eigenvalue weighted by atomic mass is 9.98. The Kier molecular flexibility index (Phi) is 5.83. The molecule has 4 rings (SSSR count). The van der Waals surface area contributed by atoms with E-state index < -0.39 is 0 Å². The second kappa shape index (κ2) is 8.50. The number of nitrogens with zero attached hydrogens (tertiary/aromatic N) is 1. The van der Waals surface area contributed by atoms with Crippen molar-refractivity contribution in [1.82, 2.24) is 10.2 Å². The summed E-state index contributed by atoms with van der Waals surface area (Å²) >= 11 is 1.50. The van der Waals surface area contributed by atoms with Gasteiger partial charge in [0, 0.05) is 29.3 Å². The van der Waals surface area contributed by atoms with Gasteiger partial charge in [-0.05, 0) is 57.2 Å². The summed E-state index contributed by atoms with van der Waals surface area (Å²) in [4.78, 5) is 16.0. The first-order valence-electron chi connectivity index (χ1n) is 10.1. The molecule has 148 valence electrons. The van der Waals surface area contributed by atoms with Gasteiger partial charge >= 0.3 is 0 Å². The number of nitrogens with one attached hydrogen (secondary N) is 1. The van der Waals surface area contributed by atoms with E-state index in [-0.39, 0.29) is 5.91 Å². The van der Waals surface area contributed by atoms with Crippen LogP contribution in [0.3, 0.4) is 0 Å². The fourth-order valence-electron chi connectivity index (χ4n) is 4.45. The number of amides is 1. The topological polar surface area (TPSA) is 41.6 Å². The van der Waals surface area contributed by atoms with E-state index in [4.69, 9.17) is 4.74 Å². The van der Waals surface area contributed by atoms with Gasteiger partial charge in [0.2, 0.25) is 0 Å². The lowest BCUT2D eigenvalue weighted by Crippen LogP contribution is -2.48. The standard InChI is InChI=1S/C23H28N2O2S/c1-3-6-17-7-4-5-8-21(17)27-14-16-11-22(28-15-16)23(26)24-18-12-19-9-10-20(13-18)25(19)2/h3-8,11,15,18-20H,9-10,12-14H2,1-2H3,(H,24,26)/b6-3+. The van der Waals surface area contributed by atoms with Crippen LogP contribution in [0, 0.1) is 0 Å². The number of fused-ring (bicyclic) bond motifs is 2. The zero-order chi connectivity index (χ0) is 19.5. The molecule has 0 radical (unpaired) electrons. The molecule has 0 spiro atoms. The molecule has 2 fully saturated rings. The lowest BCUT2D eigenvalue weighted by Gasteiger charge is -2.36. The highest BCUT2D eigenvalue weighted by Gasteiger charge is 2.38. The summed E-state index contributed by atoms with van der Waals surface area (Å²) in [5.74, 6) is 0.916. The van der Waals surface area contributed by atoms with Gasteiger partial charge in [-0.25, -0.2) is 0 Å². The molecule has 2 saturated heterocycles. The van der Waals surface area contributed by atoms with Crippen LogP contribution < -0.4 is 10.1 Å². The molecule has 28 heavy (non-hydrogen) atoms. The number of allylic oxidation sites excluding steroid dienone is 1. The Morgan fingerprint density at radius 1 is 1.29 bits per heavy atom. The summed E-state index contributed by atoms with van der Waals surface area (Å²) in [6.07, 6.45) is 8.72. The van der Waals surface area contributed by atoms with Crippen molar-refractivity contribution in [3.63, 3.8) is 0 Å². The zero-order valence-electron chi connectivity index (χ0n) is 16.6. The number of hydrogen-bond acceptors (Lipinski definition) is 4. The van der Waals surface area contributed by atoms with Crippen LogP contribution in [-0.2, 0) is 6.61 Å². The fraction of sp³-hybridized carbons (Fsp3) is 0.435. The van der Waals surface area contributed by atoms with E-state index >= 15 is 0 Å². The Morgan fingerprint density at radius 3 is 2.79 bits per heavy atom. The van der Waals surface area contributed by atoms with Crippen LogP contribution in [0.15, 0.2) is 41.8 Å². The number of thiophene rings is 1. The van der Waals surface area contributed by atoms with E-state index in [1.807, 2.05) is 54.8 Å². The maximum absolute atomic E-state index is 12.7. The van der Waals surface area contributed by atoms with Crippen LogP contribution in [0.4, 0.5) is 0 Å². The molecule has 2 aliphatic heterocycles. The molecule has 0 aliphatic carbocycles. The molecule has 3 heterocycles. The second-order valence-electron chi connectivity index (χ2n) is 7.84. The molecule has 1 aromatic carbocycles. The highest BCUT2D eigenvalue weighted by Crippen LogP contribution is 2.34. The number of piperidine rings is 1. The highest BCUT2D eigenvalue weighted by molar-refractivity contribution is 7.12. The van der Waals surface area contributed by atoms with Gasteiger partial charge in [-0.3, -0.25) is 4.79 Å². The molecule has 5 heteroatoms. The summed E-state index contributed by atoms with van der Waals surface area (Å²) in [6.45, 7) is 2.47. The number of para-hydroxylation sites is 1. The van der Waals surface area contributed by atoms with E-state index in [0.717, 1.165) is 34.6 Å². The summed E-state index contributed by atoms with van der Waals surface area (Å²) < 4.78 is 5.99. The minimum absolute atomic E-state index is 0.0551. The second-order valence-corrected chi connectivity index (χ2v) is 8.75. The molecule has 1 N–H and O–H groups in total. The number of carbonyl (C=O) groups is 1. The van der Waals surface area contributed by atoms with Crippen molar-refractivity contribution in [2.75, 3.05) is 7.05 Å². The fourth-order valence-corrected chi connectivity index (χ4v) is 5.25. The van der Waals surface area contributed by atoms with Crippen LogP contribution in [0.5, 0.6) is 5.75 Å². The Hall–Kier alpha value is -2.11. The molecular weight excluding hydrogens is 368 g/mol. The predicted molar refractivity (Wildman–Crippen MR) is 115 cm³/mol. The highest BCUT2D eigenvalue weighted by atomic mass is 32.1. The Labute approximate surface area is 171 Å². The average Bonchev–Trinajstić information content (AvgIpc) is 3.23. The van der Waals surface area contributed by atoms with Gasteiger partial charge in [0.15, 0.2) is 0 Å². The third-order valence-electron chi connectivity index (χ3n) is 5.97. The minimum Gasteiger partial charge on any atom is -0.488 e. The largest absolute Gasteiger partial charge is 0.488 e. The number of ether oxygens (including phenoxy) is 1. The van der Waals surface area contributed by atoms with Crippen molar-refractivity contribution in [3.05, 3.63) is 57.8 Å². The molecule has 2 aliphatic rings. The van der Waals surface area contributed by atoms with Crippen LogP contribution in [0.1, 0.15) is 53.4 Å². The number of hydrogen-bond donors (Lipinski definition) is 1. The smallest absolute Gasteiger partial charge is 0.261 e. The normalized spacial score (nSPS) is 24.6. The van der Waals surface area contributed by atoms with Gasteiger partial charge in [-0.15, -0.1) is 11.3 Å². The van der Waals surface area contributed by atoms with Crippen molar-refractivity contribution in [2.24, 2.45) is 0 Å². The monoisotopic (exact) mass is 396 g/mol. The van der Waals surface area contributed by atoms with Gasteiger partial charge < -0.3 is 15.0 Å². The van der Waals surface area contributed by atoms with Crippen molar-refractivity contribution in [2.45, 2.75) is 57.3 Å². The quantitative estimate of drug-likeness (QED) is 0.768. The molecule has 2 unspecified atom stereocenters. The maximum atomic E-state index is 12.7. The van der Waals surface area contributed by atoms with E-state index in [0.29, 0.717) is 24.7 Å². The molecular formula is C23H28N2O2S. The van der Waals surface area contributed by atoms with E-state index in [2.05, 4.69) is 17.3 Å². The maximum Gasteiger partial charge on any atom is 0.261 e. The number of benzene rings is 1. The first kappa shape index (κ1) is 19.2. The minimum atomic E-state index is 0.0551. The average molecular weight is 397 g/mol. The van der Waals surface area contributed by atoms with Crippen LogP contribution in [0.2, 0.25) is 0 Å². The van der Waals surface area contributed by atoms with Crippen molar-refractivity contribution in [1.29, 1.82) is 0 Å². The van der Waals surface area contributed by atoms with Gasteiger partial charge in [-0.2, -0.15) is 0 Å². The Morgan fingerprint density at radius 2 is 2.04 bits per heavy atom. The third-order valence-corrected chi connectivity index (χ3v) is 6.95. The van der Waals surface area contributed by atoms with Crippen LogP contribution in [0.25, 0.3) is 6.08 Å². The molecule has 1 amide bonds. The van der Waals surface area contributed by atoms with E-state index in [1.165, 1.54) is 24.2 Å². The van der Waals surface area contributed by atoms with Gasteiger partial charge in [0.05, 0.1) is 4.88 Å². The number of carbonyl (C=O) groups excluding carboxylic acids is 1. The van der Waals surface area contributed by atoms with Crippen LogP contribution in [-0.4, -0.2) is 36.0 Å². The third kappa shape index (κ3) is 4.15. The van der Waals surface area contributed by atoms with E-state index in [1.54, 1.807) is 0 Å². The van der Waals surface area contributed by atoms with Crippen LogP contribution >= 0.6 is 11.3 Å². The SMILES string of the molecule is C/C=C/c1ccccc1OCc1csc(C(=O)NC2CC3CCC(C2)N3C)c1. The molecule has 2 atom stereocenters. The molecule has 1 aromatic heterocycles.